The lowest BCUT2D eigenvalue weighted by atomic mass is 10.2. The summed E-state index contributed by atoms with van der Waals surface area (Å²) in [6.45, 7) is 3.93. The summed E-state index contributed by atoms with van der Waals surface area (Å²) in [4.78, 5) is 7.32. The third-order valence-electron chi connectivity index (χ3n) is 2.76. The number of halogens is 3. The Labute approximate surface area is 109 Å². The molecule has 104 valence electrons. The molecule has 1 atom stereocenters. The lowest BCUT2D eigenvalue weighted by Gasteiger charge is -2.24. The van der Waals surface area contributed by atoms with Gasteiger partial charge in [-0.2, -0.15) is 13.2 Å². The highest BCUT2D eigenvalue weighted by Gasteiger charge is 2.26. The van der Waals surface area contributed by atoms with Crippen molar-refractivity contribution in [2.24, 2.45) is 0 Å². The van der Waals surface area contributed by atoms with E-state index >= 15 is 0 Å². The molecule has 0 aliphatic carbocycles. The van der Waals surface area contributed by atoms with E-state index in [4.69, 9.17) is 0 Å². The SMILES string of the molecule is Cc1ncsc1CN(C)C(C)CNCC(F)(F)F. The van der Waals surface area contributed by atoms with Gasteiger partial charge in [-0.25, -0.2) is 4.98 Å². The molecule has 0 saturated carbocycles. The third kappa shape index (κ3) is 5.32. The zero-order valence-electron chi connectivity index (χ0n) is 10.7. The predicted octanol–water partition coefficient (Wildman–Crippen LogP) is 2.42. The van der Waals surface area contributed by atoms with Crippen LogP contribution in [-0.4, -0.2) is 42.2 Å². The minimum Gasteiger partial charge on any atom is -0.307 e. The van der Waals surface area contributed by atoms with E-state index in [0.717, 1.165) is 10.6 Å². The lowest BCUT2D eigenvalue weighted by Crippen LogP contribution is -2.40. The number of thiazole rings is 1. The maximum Gasteiger partial charge on any atom is 0.401 e. The van der Waals surface area contributed by atoms with E-state index in [0.29, 0.717) is 13.1 Å². The number of aromatic nitrogens is 1. The van der Waals surface area contributed by atoms with Crippen molar-refractivity contribution in [1.82, 2.24) is 15.2 Å². The molecule has 1 N–H and O–H groups in total. The van der Waals surface area contributed by atoms with E-state index in [-0.39, 0.29) is 6.04 Å². The van der Waals surface area contributed by atoms with Crippen molar-refractivity contribution >= 4 is 11.3 Å². The van der Waals surface area contributed by atoms with Gasteiger partial charge in [-0.1, -0.05) is 0 Å². The van der Waals surface area contributed by atoms with Crippen LogP contribution in [0.25, 0.3) is 0 Å². The van der Waals surface area contributed by atoms with Crippen molar-refractivity contribution in [3.63, 3.8) is 0 Å². The normalized spacial score (nSPS) is 14.2. The van der Waals surface area contributed by atoms with Crippen LogP contribution in [0.1, 0.15) is 17.5 Å². The molecular formula is C11H18F3N3S. The Morgan fingerprint density at radius 2 is 2.17 bits per heavy atom. The Kier molecular flexibility index (Phi) is 5.55. The number of rotatable bonds is 6. The molecule has 0 amide bonds. The van der Waals surface area contributed by atoms with Gasteiger partial charge in [-0.05, 0) is 20.9 Å². The smallest absolute Gasteiger partial charge is 0.307 e. The van der Waals surface area contributed by atoms with Gasteiger partial charge in [0.15, 0.2) is 0 Å². The molecule has 0 spiro atoms. The van der Waals surface area contributed by atoms with Crippen molar-refractivity contribution in [2.75, 3.05) is 20.1 Å². The summed E-state index contributed by atoms with van der Waals surface area (Å²) in [5, 5.41) is 2.42. The van der Waals surface area contributed by atoms with E-state index < -0.39 is 12.7 Å². The Morgan fingerprint density at radius 1 is 1.50 bits per heavy atom. The fourth-order valence-electron chi connectivity index (χ4n) is 1.44. The molecule has 7 heteroatoms. The number of nitrogens with one attached hydrogen (secondary N) is 1. The topological polar surface area (TPSA) is 28.2 Å². The summed E-state index contributed by atoms with van der Waals surface area (Å²) in [5.74, 6) is 0. The van der Waals surface area contributed by atoms with Gasteiger partial charge in [0.25, 0.3) is 0 Å². The quantitative estimate of drug-likeness (QED) is 0.868. The van der Waals surface area contributed by atoms with Crippen LogP contribution in [0.3, 0.4) is 0 Å². The largest absolute Gasteiger partial charge is 0.401 e. The van der Waals surface area contributed by atoms with Crippen LogP contribution in [0, 0.1) is 6.92 Å². The fraction of sp³-hybridized carbons (Fsp3) is 0.727. The summed E-state index contributed by atoms with van der Waals surface area (Å²) in [5.41, 5.74) is 2.77. The zero-order valence-corrected chi connectivity index (χ0v) is 11.5. The molecule has 0 aliphatic heterocycles. The van der Waals surface area contributed by atoms with Crippen LogP contribution < -0.4 is 5.32 Å². The third-order valence-corrected chi connectivity index (χ3v) is 3.68. The van der Waals surface area contributed by atoms with Crippen molar-refractivity contribution in [3.05, 3.63) is 16.1 Å². The van der Waals surface area contributed by atoms with Crippen molar-refractivity contribution in [1.29, 1.82) is 0 Å². The molecule has 0 bridgehead atoms. The average Bonchev–Trinajstić information content (AvgIpc) is 2.62. The Balaban J connectivity index is 2.33. The number of hydrogen-bond donors (Lipinski definition) is 1. The second-order valence-corrected chi connectivity index (χ2v) is 5.31. The first kappa shape index (κ1) is 15.4. The summed E-state index contributed by atoms with van der Waals surface area (Å²) in [6, 6.07) is 0.0360. The van der Waals surface area contributed by atoms with Crippen molar-refractivity contribution in [3.8, 4) is 0 Å². The van der Waals surface area contributed by atoms with Crippen molar-refractivity contribution < 1.29 is 13.2 Å². The summed E-state index contributed by atoms with van der Waals surface area (Å²) in [7, 11) is 1.90. The van der Waals surface area contributed by atoms with Crippen LogP contribution in [-0.2, 0) is 6.54 Å². The molecule has 1 aromatic rings. The highest BCUT2D eigenvalue weighted by Crippen LogP contribution is 2.15. The number of likely N-dealkylation sites (N-methyl/N-ethyl adjacent to an activating group) is 1. The Hall–Kier alpha value is -0.660. The standard InChI is InChI=1S/C11H18F3N3S/c1-8(4-15-6-11(12,13)14)17(3)5-10-9(2)16-7-18-10/h7-8,15H,4-6H2,1-3H3. The molecule has 1 heterocycles. The highest BCUT2D eigenvalue weighted by molar-refractivity contribution is 7.09. The van der Waals surface area contributed by atoms with Gasteiger partial charge in [-0.15, -0.1) is 11.3 Å². The molecule has 0 aromatic carbocycles. The first-order valence-corrected chi connectivity index (χ1v) is 6.54. The van der Waals surface area contributed by atoms with Crippen LogP contribution >= 0.6 is 11.3 Å². The molecule has 1 aromatic heterocycles. The highest BCUT2D eigenvalue weighted by atomic mass is 32.1. The second kappa shape index (κ2) is 6.49. The van der Waals surface area contributed by atoms with E-state index in [1.807, 2.05) is 25.8 Å². The first-order chi connectivity index (χ1) is 8.29. The molecule has 3 nitrogen and oxygen atoms in total. The van der Waals surface area contributed by atoms with Gasteiger partial charge in [0.1, 0.15) is 0 Å². The van der Waals surface area contributed by atoms with E-state index in [1.165, 1.54) is 0 Å². The van der Waals surface area contributed by atoms with Gasteiger partial charge >= 0.3 is 6.18 Å². The second-order valence-electron chi connectivity index (χ2n) is 4.37. The van der Waals surface area contributed by atoms with Gasteiger partial charge < -0.3 is 5.32 Å². The van der Waals surface area contributed by atoms with Crippen LogP contribution in [0.4, 0.5) is 13.2 Å². The number of alkyl halides is 3. The van der Waals surface area contributed by atoms with E-state index in [9.17, 15) is 13.2 Å². The Morgan fingerprint density at radius 3 is 2.67 bits per heavy atom. The Bertz CT molecular complexity index is 365. The maximum absolute atomic E-state index is 12.0. The molecule has 18 heavy (non-hydrogen) atoms. The molecule has 0 saturated heterocycles. The molecule has 1 rings (SSSR count). The van der Waals surface area contributed by atoms with E-state index in [1.54, 1.807) is 16.8 Å². The molecule has 0 radical (unpaired) electrons. The van der Waals surface area contributed by atoms with Gasteiger partial charge in [0.05, 0.1) is 17.7 Å². The fourth-order valence-corrected chi connectivity index (χ4v) is 2.28. The molecular weight excluding hydrogens is 263 g/mol. The summed E-state index contributed by atoms with van der Waals surface area (Å²) < 4.78 is 35.9. The monoisotopic (exact) mass is 281 g/mol. The summed E-state index contributed by atoms with van der Waals surface area (Å²) >= 11 is 1.57. The van der Waals surface area contributed by atoms with Crippen LogP contribution in [0.15, 0.2) is 5.51 Å². The lowest BCUT2D eigenvalue weighted by molar-refractivity contribution is -0.125. The van der Waals surface area contributed by atoms with Gasteiger partial charge in [0, 0.05) is 24.0 Å². The molecule has 1 unspecified atom stereocenters. The van der Waals surface area contributed by atoms with Crippen molar-refractivity contribution in [2.45, 2.75) is 32.6 Å². The summed E-state index contributed by atoms with van der Waals surface area (Å²) in [6.07, 6.45) is -4.15. The van der Waals surface area contributed by atoms with Crippen LogP contribution in [0.5, 0.6) is 0 Å². The number of nitrogens with zero attached hydrogens (tertiary/aromatic N) is 2. The van der Waals surface area contributed by atoms with Crippen LogP contribution in [0.2, 0.25) is 0 Å². The molecule has 0 aliphatic rings. The van der Waals surface area contributed by atoms with E-state index in [2.05, 4.69) is 10.3 Å². The van der Waals surface area contributed by atoms with Gasteiger partial charge in [0.2, 0.25) is 0 Å². The average molecular weight is 281 g/mol. The van der Waals surface area contributed by atoms with Gasteiger partial charge in [-0.3, -0.25) is 4.90 Å². The maximum atomic E-state index is 12.0. The number of aryl methyl sites for hydroxylation is 1. The minimum absolute atomic E-state index is 0.0360. The molecule has 0 fully saturated rings. The predicted molar refractivity (Wildman–Crippen MR) is 66.7 cm³/mol. The zero-order chi connectivity index (χ0) is 13.8. The number of hydrogen-bond acceptors (Lipinski definition) is 4. The first-order valence-electron chi connectivity index (χ1n) is 5.66. The minimum atomic E-state index is -4.15.